The van der Waals surface area contributed by atoms with E-state index in [2.05, 4.69) is 9.97 Å². The van der Waals surface area contributed by atoms with E-state index in [1.165, 1.54) is 23.2 Å². The third-order valence-electron chi connectivity index (χ3n) is 2.13. The van der Waals surface area contributed by atoms with Gasteiger partial charge in [0.25, 0.3) is 5.56 Å². The number of nitrogens with zero attached hydrogens (tertiary/aromatic N) is 4. The lowest BCUT2D eigenvalue weighted by molar-refractivity contribution is 0.731. The van der Waals surface area contributed by atoms with Crippen molar-refractivity contribution in [3.63, 3.8) is 0 Å². The minimum absolute atomic E-state index is 0.150. The summed E-state index contributed by atoms with van der Waals surface area (Å²) < 4.78 is 1.43. The molecular weight excluding hydrogens is 204 g/mol. The molecule has 2 rings (SSSR count). The molecule has 2 aromatic heterocycles. The van der Waals surface area contributed by atoms with Crippen molar-refractivity contribution in [3.8, 4) is 6.07 Å². The number of pyridine rings is 1. The van der Waals surface area contributed by atoms with Crippen molar-refractivity contribution in [3.05, 3.63) is 58.5 Å². The normalized spacial score (nSPS) is 9.69. The van der Waals surface area contributed by atoms with Crippen LogP contribution in [-0.2, 0) is 6.54 Å². The van der Waals surface area contributed by atoms with Gasteiger partial charge in [-0.2, -0.15) is 5.26 Å². The zero-order valence-corrected chi connectivity index (χ0v) is 8.37. The molecule has 0 aliphatic heterocycles. The van der Waals surface area contributed by atoms with Gasteiger partial charge in [0, 0.05) is 24.0 Å². The average molecular weight is 212 g/mol. The maximum absolute atomic E-state index is 11.4. The smallest absolute Gasteiger partial charge is 0.253 e. The molecule has 2 aromatic rings. The average Bonchev–Trinajstić information content (AvgIpc) is 2.33. The summed E-state index contributed by atoms with van der Waals surface area (Å²) in [6.07, 6.45) is 4.43. The SMILES string of the molecule is N#Cc1ncccc1Cn1cnccc1=O. The number of rotatable bonds is 2. The summed E-state index contributed by atoms with van der Waals surface area (Å²) in [5, 5.41) is 8.85. The lowest BCUT2D eigenvalue weighted by atomic mass is 10.2. The van der Waals surface area contributed by atoms with Crippen molar-refractivity contribution in [1.29, 1.82) is 5.26 Å². The highest BCUT2D eigenvalue weighted by atomic mass is 16.1. The first kappa shape index (κ1) is 10.1. The van der Waals surface area contributed by atoms with Crippen LogP contribution in [0, 0.1) is 11.3 Å². The Bertz CT molecular complexity index is 597. The summed E-state index contributed by atoms with van der Waals surface area (Å²) in [6.45, 7) is 0.309. The summed E-state index contributed by atoms with van der Waals surface area (Å²) in [7, 11) is 0. The molecule has 0 radical (unpaired) electrons. The van der Waals surface area contributed by atoms with Crippen molar-refractivity contribution in [1.82, 2.24) is 14.5 Å². The fourth-order valence-electron chi connectivity index (χ4n) is 1.35. The van der Waals surface area contributed by atoms with Gasteiger partial charge in [-0.3, -0.25) is 9.36 Å². The molecule has 0 spiro atoms. The molecule has 0 aliphatic carbocycles. The molecule has 2 heterocycles. The molecule has 0 atom stereocenters. The zero-order chi connectivity index (χ0) is 11.4. The van der Waals surface area contributed by atoms with E-state index in [1.807, 2.05) is 6.07 Å². The van der Waals surface area contributed by atoms with Crippen LogP contribution in [0.5, 0.6) is 0 Å². The Kier molecular flexibility index (Phi) is 2.74. The van der Waals surface area contributed by atoms with Crippen LogP contribution in [0.3, 0.4) is 0 Å². The van der Waals surface area contributed by atoms with E-state index >= 15 is 0 Å². The first-order valence-corrected chi connectivity index (χ1v) is 4.65. The number of hydrogen-bond donors (Lipinski definition) is 0. The molecule has 5 heteroatoms. The first-order valence-electron chi connectivity index (χ1n) is 4.65. The van der Waals surface area contributed by atoms with Crippen LogP contribution in [0.25, 0.3) is 0 Å². The van der Waals surface area contributed by atoms with E-state index in [0.717, 1.165) is 0 Å². The molecule has 0 N–H and O–H groups in total. The van der Waals surface area contributed by atoms with Gasteiger partial charge in [0.05, 0.1) is 12.9 Å². The molecule has 0 aliphatic rings. The number of hydrogen-bond acceptors (Lipinski definition) is 4. The maximum atomic E-state index is 11.4. The van der Waals surface area contributed by atoms with Crippen LogP contribution in [0.2, 0.25) is 0 Å². The Morgan fingerprint density at radius 2 is 2.25 bits per heavy atom. The molecule has 0 saturated heterocycles. The Hall–Kier alpha value is -2.48. The lowest BCUT2D eigenvalue weighted by Gasteiger charge is -2.04. The molecule has 0 amide bonds. The highest BCUT2D eigenvalue weighted by Gasteiger charge is 2.03. The molecule has 16 heavy (non-hydrogen) atoms. The van der Waals surface area contributed by atoms with Crippen molar-refractivity contribution < 1.29 is 0 Å². The standard InChI is InChI=1S/C11H8N4O/c12-6-10-9(2-1-4-14-10)7-15-8-13-5-3-11(15)16/h1-5,8H,7H2. The monoisotopic (exact) mass is 212 g/mol. The van der Waals surface area contributed by atoms with Crippen LogP contribution in [0.4, 0.5) is 0 Å². The summed E-state index contributed by atoms with van der Waals surface area (Å²) in [4.78, 5) is 19.2. The van der Waals surface area contributed by atoms with Crippen LogP contribution in [0.1, 0.15) is 11.3 Å². The Morgan fingerprint density at radius 3 is 3.00 bits per heavy atom. The fraction of sp³-hybridized carbons (Fsp3) is 0.0909. The van der Waals surface area contributed by atoms with Crippen LogP contribution >= 0.6 is 0 Å². The molecule has 0 fully saturated rings. The molecule has 0 bridgehead atoms. The van der Waals surface area contributed by atoms with Gasteiger partial charge in [0.2, 0.25) is 0 Å². The van der Waals surface area contributed by atoms with E-state index in [0.29, 0.717) is 17.8 Å². The Morgan fingerprint density at radius 1 is 1.38 bits per heavy atom. The molecular formula is C11H8N4O. The van der Waals surface area contributed by atoms with Gasteiger partial charge in [-0.15, -0.1) is 0 Å². The Balaban J connectivity index is 2.39. The van der Waals surface area contributed by atoms with Crippen LogP contribution in [-0.4, -0.2) is 14.5 Å². The minimum atomic E-state index is -0.150. The van der Waals surface area contributed by atoms with E-state index in [1.54, 1.807) is 18.3 Å². The topological polar surface area (TPSA) is 71.6 Å². The summed E-state index contributed by atoms with van der Waals surface area (Å²) in [6, 6.07) is 6.87. The molecule has 0 saturated carbocycles. The summed E-state index contributed by atoms with van der Waals surface area (Å²) >= 11 is 0. The second-order valence-corrected chi connectivity index (χ2v) is 3.17. The maximum Gasteiger partial charge on any atom is 0.253 e. The molecule has 5 nitrogen and oxygen atoms in total. The minimum Gasteiger partial charge on any atom is -0.295 e. The number of nitriles is 1. The first-order chi connectivity index (χ1) is 7.81. The van der Waals surface area contributed by atoms with E-state index in [9.17, 15) is 4.79 Å². The van der Waals surface area contributed by atoms with Gasteiger partial charge in [-0.25, -0.2) is 9.97 Å². The second-order valence-electron chi connectivity index (χ2n) is 3.17. The largest absolute Gasteiger partial charge is 0.295 e. The van der Waals surface area contributed by atoms with Crippen molar-refractivity contribution >= 4 is 0 Å². The Labute approximate surface area is 91.6 Å². The third kappa shape index (κ3) is 1.96. The fourth-order valence-corrected chi connectivity index (χ4v) is 1.35. The zero-order valence-electron chi connectivity index (χ0n) is 8.37. The predicted octanol–water partition coefficient (Wildman–Crippen LogP) is 0.558. The van der Waals surface area contributed by atoms with Gasteiger partial charge >= 0.3 is 0 Å². The van der Waals surface area contributed by atoms with Gasteiger partial charge in [0.1, 0.15) is 11.8 Å². The second kappa shape index (κ2) is 4.36. The van der Waals surface area contributed by atoms with Gasteiger partial charge in [-0.1, -0.05) is 6.07 Å². The van der Waals surface area contributed by atoms with E-state index in [-0.39, 0.29) is 5.56 Å². The van der Waals surface area contributed by atoms with Crippen LogP contribution in [0.15, 0.2) is 41.7 Å². The predicted molar refractivity (Wildman–Crippen MR) is 56.6 cm³/mol. The van der Waals surface area contributed by atoms with Crippen molar-refractivity contribution in [2.45, 2.75) is 6.54 Å². The van der Waals surface area contributed by atoms with Gasteiger partial charge in [0.15, 0.2) is 0 Å². The lowest BCUT2D eigenvalue weighted by Crippen LogP contribution is -2.19. The van der Waals surface area contributed by atoms with Gasteiger partial charge in [-0.05, 0) is 6.07 Å². The quantitative estimate of drug-likeness (QED) is 0.729. The van der Waals surface area contributed by atoms with Crippen molar-refractivity contribution in [2.24, 2.45) is 0 Å². The third-order valence-corrected chi connectivity index (χ3v) is 2.13. The summed E-state index contributed by atoms with van der Waals surface area (Å²) in [5.41, 5.74) is 0.890. The van der Waals surface area contributed by atoms with Crippen LogP contribution < -0.4 is 5.56 Å². The van der Waals surface area contributed by atoms with E-state index < -0.39 is 0 Å². The molecule has 78 valence electrons. The van der Waals surface area contributed by atoms with Crippen molar-refractivity contribution in [2.75, 3.05) is 0 Å². The van der Waals surface area contributed by atoms with E-state index in [4.69, 9.17) is 5.26 Å². The van der Waals surface area contributed by atoms with Gasteiger partial charge < -0.3 is 0 Å². The molecule has 0 aromatic carbocycles. The highest BCUT2D eigenvalue weighted by molar-refractivity contribution is 5.30. The summed E-state index contributed by atoms with van der Waals surface area (Å²) in [5.74, 6) is 0. The number of aromatic nitrogens is 3. The highest BCUT2D eigenvalue weighted by Crippen LogP contribution is 2.04. The molecule has 0 unspecified atom stereocenters.